The molecule has 1 radical (unpaired) electrons. The highest BCUT2D eigenvalue weighted by atomic mass is 35.5. The van der Waals surface area contributed by atoms with E-state index in [-0.39, 0.29) is 11.1 Å². The number of rotatable bonds is 3. The lowest BCUT2D eigenvalue weighted by Crippen LogP contribution is -2.13. The molecular weight excluding hydrogens is 276 g/mol. The summed E-state index contributed by atoms with van der Waals surface area (Å²) in [6.07, 6.45) is 1.65. The first kappa shape index (κ1) is 12.9. The summed E-state index contributed by atoms with van der Waals surface area (Å²) in [4.78, 5) is 12.2. The van der Waals surface area contributed by atoms with Gasteiger partial charge in [0.1, 0.15) is 5.52 Å². The number of hydrogen-bond acceptors (Lipinski definition) is 5. The minimum Gasteiger partial charge on any atom is -0.450 e. The molecule has 0 aliphatic carbocycles. The quantitative estimate of drug-likeness (QED) is 0.535. The fourth-order valence-corrected chi connectivity index (χ4v) is 2.17. The number of aromatic nitrogens is 4. The van der Waals surface area contributed by atoms with Gasteiger partial charge in [0.2, 0.25) is 5.95 Å². The van der Waals surface area contributed by atoms with E-state index in [1.807, 2.05) is 28.8 Å². The van der Waals surface area contributed by atoms with Crippen LogP contribution in [0.4, 0.5) is 5.95 Å². The predicted octanol–water partition coefficient (Wildman–Crippen LogP) is 0.347. The maximum atomic E-state index is 8.90. The van der Waals surface area contributed by atoms with Crippen molar-refractivity contribution in [3.8, 4) is 0 Å². The molecule has 3 aromatic rings. The Labute approximate surface area is 120 Å². The van der Waals surface area contributed by atoms with E-state index in [9.17, 15) is 0 Å². The molecule has 0 atom stereocenters. The van der Waals surface area contributed by atoms with E-state index < -0.39 is 0 Å². The minimum atomic E-state index is 0.120. The van der Waals surface area contributed by atoms with E-state index in [2.05, 4.69) is 15.0 Å². The van der Waals surface area contributed by atoms with Crippen LogP contribution in [0.1, 0.15) is 5.56 Å². The topological polar surface area (TPSA) is 89.8 Å². The van der Waals surface area contributed by atoms with Crippen molar-refractivity contribution in [3.63, 3.8) is 0 Å². The monoisotopic (exact) mass is 286 g/mol. The number of nitrogen functional groups attached to an aromatic ring is 1. The number of imidazole rings is 1. The van der Waals surface area contributed by atoms with Crippen molar-refractivity contribution in [1.82, 2.24) is 19.5 Å². The van der Waals surface area contributed by atoms with Gasteiger partial charge in [0, 0.05) is 0 Å². The Hall–Kier alpha value is -2.12. The van der Waals surface area contributed by atoms with Gasteiger partial charge in [0.05, 0.1) is 12.9 Å². The third-order valence-corrected chi connectivity index (χ3v) is 3.18. The van der Waals surface area contributed by atoms with E-state index in [0.29, 0.717) is 17.7 Å². The lowest BCUT2D eigenvalue weighted by Gasteiger charge is -2.05. The molecule has 0 bridgehead atoms. The summed E-state index contributed by atoms with van der Waals surface area (Å²) in [5.41, 5.74) is 8.52. The summed E-state index contributed by atoms with van der Waals surface area (Å²) in [5.74, 6) is 0.120. The van der Waals surface area contributed by atoms with Crippen molar-refractivity contribution in [1.29, 1.82) is 0 Å². The Morgan fingerprint density at radius 3 is 2.70 bits per heavy atom. The van der Waals surface area contributed by atoms with Gasteiger partial charge >= 0.3 is 7.48 Å². The Kier molecular flexibility index (Phi) is 3.29. The largest absolute Gasteiger partial charge is 0.450 e. The third-order valence-electron chi connectivity index (χ3n) is 2.92. The standard InChI is InChI=1S/C12H10BClN5O/c14-10-9-11(18-12(15)17-10)19(6-16-9)5-7-1-3-8(13-20)4-2-7/h1-4,6,20H,5H2,(H2,15,17,18). The molecule has 2 aromatic heterocycles. The molecule has 0 spiro atoms. The zero-order valence-electron chi connectivity index (χ0n) is 10.4. The predicted molar refractivity (Wildman–Crippen MR) is 77.9 cm³/mol. The second kappa shape index (κ2) is 5.11. The molecule has 3 N–H and O–H groups in total. The van der Waals surface area contributed by atoms with E-state index in [1.165, 1.54) is 0 Å². The Morgan fingerprint density at radius 2 is 2.00 bits per heavy atom. The zero-order valence-corrected chi connectivity index (χ0v) is 11.1. The van der Waals surface area contributed by atoms with Gasteiger partial charge in [-0.3, -0.25) is 0 Å². The maximum absolute atomic E-state index is 8.90. The molecule has 0 saturated carbocycles. The van der Waals surface area contributed by atoms with Crippen molar-refractivity contribution in [2.24, 2.45) is 0 Å². The number of hydrogen-bond donors (Lipinski definition) is 2. The number of halogens is 1. The average Bonchev–Trinajstić information content (AvgIpc) is 2.83. The fourth-order valence-electron chi connectivity index (χ4n) is 1.95. The Morgan fingerprint density at radius 1 is 1.25 bits per heavy atom. The highest BCUT2D eigenvalue weighted by molar-refractivity contribution is 6.45. The molecule has 20 heavy (non-hydrogen) atoms. The second-order valence-electron chi connectivity index (χ2n) is 4.29. The van der Waals surface area contributed by atoms with Gasteiger partial charge in [0.15, 0.2) is 10.8 Å². The molecule has 0 saturated heterocycles. The van der Waals surface area contributed by atoms with Crippen LogP contribution in [0.15, 0.2) is 30.6 Å². The molecule has 0 fully saturated rings. The van der Waals surface area contributed by atoms with E-state index in [1.54, 1.807) is 6.33 Å². The molecule has 0 aliphatic rings. The van der Waals surface area contributed by atoms with E-state index in [4.69, 9.17) is 22.4 Å². The van der Waals surface area contributed by atoms with Crippen molar-refractivity contribution in [2.45, 2.75) is 6.54 Å². The van der Waals surface area contributed by atoms with Crippen LogP contribution >= 0.6 is 11.6 Å². The van der Waals surface area contributed by atoms with E-state index in [0.717, 1.165) is 18.5 Å². The van der Waals surface area contributed by atoms with Crippen LogP contribution in [0, 0.1) is 0 Å². The normalized spacial score (nSPS) is 10.9. The lowest BCUT2D eigenvalue weighted by atomic mass is 9.88. The fraction of sp³-hybridized carbons (Fsp3) is 0.0833. The van der Waals surface area contributed by atoms with Crippen LogP contribution in [0.5, 0.6) is 0 Å². The van der Waals surface area contributed by atoms with Gasteiger partial charge in [0.25, 0.3) is 0 Å². The number of fused-ring (bicyclic) bond motifs is 1. The van der Waals surface area contributed by atoms with Crippen LogP contribution in [0.2, 0.25) is 5.15 Å². The van der Waals surface area contributed by atoms with Gasteiger partial charge in [-0.15, -0.1) is 0 Å². The number of nitrogens with two attached hydrogens (primary N) is 1. The minimum absolute atomic E-state index is 0.120. The summed E-state index contributed by atoms with van der Waals surface area (Å²) in [5, 5.41) is 9.15. The number of nitrogens with zero attached hydrogens (tertiary/aromatic N) is 4. The SMILES string of the molecule is Nc1nc(Cl)c2ncn(Cc3ccc([B]O)cc3)c2n1. The first-order chi connectivity index (χ1) is 9.67. The van der Waals surface area contributed by atoms with Gasteiger partial charge in [-0.2, -0.15) is 9.97 Å². The smallest absolute Gasteiger partial charge is 0.326 e. The first-order valence-corrected chi connectivity index (χ1v) is 6.25. The highest BCUT2D eigenvalue weighted by Gasteiger charge is 2.10. The van der Waals surface area contributed by atoms with Crippen molar-refractivity contribution in [2.75, 3.05) is 5.73 Å². The number of anilines is 1. The molecule has 0 aliphatic heterocycles. The van der Waals surface area contributed by atoms with Crippen molar-refractivity contribution >= 4 is 41.7 Å². The van der Waals surface area contributed by atoms with Crippen LogP contribution in [0.25, 0.3) is 11.2 Å². The van der Waals surface area contributed by atoms with E-state index >= 15 is 0 Å². The Bertz CT molecular complexity index is 758. The molecule has 0 amide bonds. The van der Waals surface area contributed by atoms with Crippen molar-refractivity contribution < 1.29 is 5.02 Å². The van der Waals surface area contributed by atoms with Gasteiger partial charge in [-0.05, 0) is 5.56 Å². The van der Waals surface area contributed by atoms with Crippen LogP contribution < -0.4 is 11.2 Å². The third kappa shape index (κ3) is 2.33. The summed E-state index contributed by atoms with van der Waals surface area (Å²) in [6.45, 7) is 0.578. The summed E-state index contributed by atoms with van der Waals surface area (Å²) < 4.78 is 1.84. The summed E-state index contributed by atoms with van der Waals surface area (Å²) in [6, 6.07) is 7.48. The molecule has 3 rings (SSSR count). The van der Waals surface area contributed by atoms with Crippen LogP contribution in [-0.2, 0) is 6.54 Å². The summed E-state index contributed by atoms with van der Waals surface area (Å²) >= 11 is 5.98. The van der Waals surface area contributed by atoms with Gasteiger partial charge in [-0.25, -0.2) is 4.98 Å². The molecular formula is C12H10BClN5O. The lowest BCUT2D eigenvalue weighted by molar-refractivity contribution is 0.615. The van der Waals surface area contributed by atoms with Gasteiger partial charge < -0.3 is 15.3 Å². The maximum Gasteiger partial charge on any atom is 0.326 e. The molecule has 2 heterocycles. The highest BCUT2D eigenvalue weighted by Crippen LogP contribution is 2.20. The van der Waals surface area contributed by atoms with Crippen LogP contribution in [-0.4, -0.2) is 32.0 Å². The first-order valence-electron chi connectivity index (χ1n) is 5.87. The molecule has 0 unspecified atom stereocenters. The molecule has 8 heteroatoms. The van der Waals surface area contributed by atoms with Crippen LogP contribution in [0.3, 0.4) is 0 Å². The molecule has 1 aromatic carbocycles. The Balaban J connectivity index is 1.97. The average molecular weight is 287 g/mol. The van der Waals surface area contributed by atoms with Crippen molar-refractivity contribution in [3.05, 3.63) is 41.3 Å². The molecule has 6 nitrogen and oxygen atoms in total. The zero-order chi connectivity index (χ0) is 14.1. The second-order valence-corrected chi connectivity index (χ2v) is 4.65. The summed E-state index contributed by atoms with van der Waals surface area (Å²) in [7, 11) is 1.06. The number of benzene rings is 1. The van der Waals surface area contributed by atoms with Gasteiger partial charge in [-0.1, -0.05) is 41.3 Å². The molecule has 99 valence electrons.